The summed E-state index contributed by atoms with van der Waals surface area (Å²) in [5, 5.41) is 6.83. The van der Waals surface area contributed by atoms with Gasteiger partial charge in [-0.2, -0.15) is 0 Å². The molecule has 28 heavy (non-hydrogen) atoms. The highest BCUT2D eigenvalue weighted by Gasteiger charge is 2.25. The number of nitrogens with zero attached hydrogens (tertiary/aromatic N) is 4. The van der Waals surface area contributed by atoms with Gasteiger partial charge in [-0.1, -0.05) is 29.8 Å². The lowest BCUT2D eigenvalue weighted by atomic mass is 10.2. The van der Waals surface area contributed by atoms with Crippen molar-refractivity contribution in [3.8, 4) is 0 Å². The van der Waals surface area contributed by atoms with Gasteiger partial charge in [0.05, 0.1) is 23.1 Å². The SMILES string of the molecule is CC1=CSC(CN2Cc3ncnc(Nc4cnc5ccccc5c4)c3C2)=CC1. The van der Waals surface area contributed by atoms with Crippen molar-refractivity contribution < 1.29 is 0 Å². The predicted molar refractivity (Wildman–Crippen MR) is 115 cm³/mol. The van der Waals surface area contributed by atoms with Crippen molar-refractivity contribution in [3.63, 3.8) is 0 Å². The molecule has 5 nitrogen and oxygen atoms in total. The molecule has 1 aromatic carbocycles. The maximum Gasteiger partial charge on any atom is 0.138 e. The van der Waals surface area contributed by atoms with Crippen LogP contribution in [0.2, 0.25) is 0 Å². The number of aromatic nitrogens is 3. The first kappa shape index (κ1) is 17.4. The Bertz CT molecular complexity index is 1110. The Morgan fingerprint density at radius 3 is 2.96 bits per heavy atom. The molecule has 0 saturated carbocycles. The smallest absolute Gasteiger partial charge is 0.138 e. The van der Waals surface area contributed by atoms with Crippen LogP contribution in [0.3, 0.4) is 0 Å². The summed E-state index contributed by atoms with van der Waals surface area (Å²) in [4.78, 5) is 17.4. The third kappa shape index (κ3) is 3.53. The maximum atomic E-state index is 4.54. The van der Waals surface area contributed by atoms with Crippen molar-refractivity contribution in [1.29, 1.82) is 0 Å². The summed E-state index contributed by atoms with van der Waals surface area (Å²) >= 11 is 1.84. The quantitative estimate of drug-likeness (QED) is 0.679. The third-order valence-corrected chi connectivity index (χ3v) is 6.20. The van der Waals surface area contributed by atoms with E-state index >= 15 is 0 Å². The first-order valence-corrected chi connectivity index (χ1v) is 10.3. The van der Waals surface area contributed by atoms with Crippen LogP contribution in [-0.2, 0) is 13.1 Å². The molecule has 0 aliphatic carbocycles. The molecular formula is C22H21N5S. The molecule has 0 unspecified atom stereocenters. The van der Waals surface area contributed by atoms with Crippen LogP contribution in [0.15, 0.2) is 64.8 Å². The van der Waals surface area contributed by atoms with Gasteiger partial charge < -0.3 is 5.32 Å². The molecule has 0 fully saturated rings. The van der Waals surface area contributed by atoms with Crippen LogP contribution in [0.5, 0.6) is 0 Å². The second-order valence-corrected chi connectivity index (χ2v) is 8.29. The molecule has 0 bridgehead atoms. The molecule has 3 aromatic rings. The highest BCUT2D eigenvalue weighted by atomic mass is 32.2. The number of hydrogen-bond acceptors (Lipinski definition) is 6. The Hall–Kier alpha value is -2.70. The zero-order valence-corrected chi connectivity index (χ0v) is 16.5. The van der Waals surface area contributed by atoms with E-state index in [0.29, 0.717) is 0 Å². The minimum Gasteiger partial charge on any atom is -0.339 e. The Morgan fingerprint density at radius 1 is 1.14 bits per heavy atom. The Morgan fingerprint density at radius 2 is 2.07 bits per heavy atom. The molecule has 2 aliphatic heterocycles. The van der Waals surface area contributed by atoms with E-state index < -0.39 is 0 Å². The number of nitrogens with one attached hydrogen (secondary N) is 1. The first-order chi connectivity index (χ1) is 13.7. The van der Waals surface area contributed by atoms with Gasteiger partial charge in [-0.05, 0) is 35.8 Å². The molecule has 0 atom stereocenters. The average molecular weight is 388 g/mol. The van der Waals surface area contributed by atoms with Gasteiger partial charge in [0, 0.05) is 30.6 Å². The largest absolute Gasteiger partial charge is 0.339 e. The number of fused-ring (bicyclic) bond motifs is 2. The number of thioether (sulfide) groups is 1. The summed E-state index contributed by atoms with van der Waals surface area (Å²) < 4.78 is 0. The highest BCUT2D eigenvalue weighted by molar-refractivity contribution is 8.05. The fourth-order valence-corrected chi connectivity index (χ4v) is 4.49. The van der Waals surface area contributed by atoms with E-state index in [0.717, 1.165) is 54.2 Å². The van der Waals surface area contributed by atoms with Crippen molar-refractivity contribution in [2.45, 2.75) is 26.4 Å². The van der Waals surface area contributed by atoms with Gasteiger partial charge in [0.15, 0.2) is 0 Å². The maximum absolute atomic E-state index is 4.54. The number of hydrogen-bond donors (Lipinski definition) is 1. The minimum absolute atomic E-state index is 0.861. The molecule has 0 amide bonds. The summed E-state index contributed by atoms with van der Waals surface area (Å²) in [5.74, 6) is 0.880. The monoisotopic (exact) mass is 387 g/mol. The number of rotatable bonds is 4. The summed E-state index contributed by atoms with van der Waals surface area (Å²) in [5.41, 5.74) is 5.67. The lowest BCUT2D eigenvalue weighted by molar-refractivity contribution is 0.313. The summed E-state index contributed by atoms with van der Waals surface area (Å²) in [6.45, 7) is 4.87. The lowest BCUT2D eigenvalue weighted by Gasteiger charge is -2.18. The second kappa shape index (κ2) is 7.37. The van der Waals surface area contributed by atoms with E-state index in [1.165, 1.54) is 16.0 Å². The molecule has 0 radical (unpaired) electrons. The molecule has 6 heteroatoms. The fraction of sp³-hybridized carbons (Fsp3) is 0.227. The Labute approximate surface area is 168 Å². The first-order valence-electron chi connectivity index (χ1n) is 9.43. The molecule has 4 heterocycles. The van der Waals surface area contributed by atoms with E-state index in [1.807, 2.05) is 36.2 Å². The molecule has 2 aromatic heterocycles. The van der Waals surface area contributed by atoms with Crippen molar-refractivity contribution >= 4 is 34.2 Å². The van der Waals surface area contributed by atoms with E-state index in [4.69, 9.17) is 0 Å². The summed E-state index contributed by atoms with van der Waals surface area (Å²) in [7, 11) is 0. The van der Waals surface area contributed by atoms with Gasteiger partial charge in [0.25, 0.3) is 0 Å². The van der Waals surface area contributed by atoms with E-state index in [1.54, 1.807) is 6.33 Å². The van der Waals surface area contributed by atoms with Gasteiger partial charge in [0.1, 0.15) is 12.1 Å². The molecule has 140 valence electrons. The second-order valence-electron chi connectivity index (χ2n) is 7.29. The van der Waals surface area contributed by atoms with Crippen LogP contribution < -0.4 is 5.32 Å². The van der Waals surface area contributed by atoms with Crippen LogP contribution in [0, 0.1) is 0 Å². The molecule has 0 spiro atoms. The topological polar surface area (TPSA) is 53.9 Å². The summed E-state index contributed by atoms with van der Waals surface area (Å²) in [6.07, 6.45) is 6.92. The third-order valence-electron chi connectivity index (χ3n) is 5.09. The lowest BCUT2D eigenvalue weighted by Crippen LogP contribution is -2.19. The molecule has 1 N–H and O–H groups in total. The van der Waals surface area contributed by atoms with Crippen LogP contribution in [0.4, 0.5) is 11.5 Å². The van der Waals surface area contributed by atoms with Crippen LogP contribution in [0.1, 0.15) is 24.6 Å². The molecule has 5 rings (SSSR count). The van der Waals surface area contributed by atoms with Crippen LogP contribution in [0.25, 0.3) is 10.9 Å². The normalized spacial score (nSPS) is 16.6. The number of para-hydroxylation sites is 1. The minimum atomic E-state index is 0.861. The molecule has 2 aliphatic rings. The van der Waals surface area contributed by atoms with Crippen molar-refractivity contribution in [2.75, 3.05) is 11.9 Å². The van der Waals surface area contributed by atoms with Crippen LogP contribution in [-0.4, -0.2) is 26.4 Å². The zero-order valence-electron chi connectivity index (χ0n) is 15.7. The highest BCUT2D eigenvalue weighted by Crippen LogP contribution is 2.32. The van der Waals surface area contributed by atoms with Gasteiger partial charge in [0.2, 0.25) is 0 Å². The number of pyridine rings is 1. The number of anilines is 2. The van der Waals surface area contributed by atoms with Gasteiger partial charge in [-0.15, -0.1) is 11.8 Å². The molecular weight excluding hydrogens is 366 g/mol. The van der Waals surface area contributed by atoms with Crippen molar-refractivity contribution in [2.24, 2.45) is 0 Å². The van der Waals surface area contributed by atoms with E-state index in [-0.39, 0.29) is 0 Å². The Balaban J connectivity index is 1.34. The van der Waals surface area contributed by atoms with E-state index in [9.17, 15) is 0 Å². The summed E-state index contributed by atoms with van der Waals surface area (Å²) in [6, 6.07) is 10.2. The zero-order chi connectivity index (χ0) is 18.9. The standard InChI is InChI=1S/C22H21N5S/c1-15-6-7-18(28-13-15)10-27-11-19-21(12-27)24-14-25-22(19)26-17-8-16-4-2-3-5-20(16)23-9-17/h2-5,7-9,13-14H,6,10-12H2,1H3,(H,24,25,26). The fourth-order valence-electron chi connectivity index (χ4n) is 3.61. The molecule has 0 saturated heterocycles. The van der Waals surface area contributed by atoms with E-state index in [2.05, 4.69) is 55.7 Å². The van der Waals surface area contributed by atoms with Gasteiger partial charge in [-0.3, -0.25) is 9.88 Å². The number of allylic oxidation sites excluding steroid dienone is 2. The predicted octanol–water partition coefficient (Wildman–Crippen LogP) is 5.01. The van der Waals surface area contributed by atoms with Gasteiger partial charge >= 0.3 is 0 Å². The number of benzene rings is 1. The van der Waals surface area contributed by atoms with Crippen molar-refractivity contribution in [1.82, 2.24) is 19.9 Å². The van der Waals surface area contributed by atoms with Crippen LogP contribution >= 0.6 is 11.8 Å². The Kier molecular flexibility index (Phi) is 4.58. The van der Waals surface area contributed by atoms with Crippen molar-refractivity contribution in [3.05, 3.63) is 76.1 Å². The average Bonchev–Trinajstić information content (AvgIpc) is 3.13. The van der Waals surface area contributed by atoms with Gasteiger partial charge in [-0.25, -0.2) is 9.97 Å².